The van der Waals surface area contributed by atoms with E-state index in [0.29, 0.717) is 46.7 Å². The fraction of sp³-hybridized carbons (Fsp3) is 0.393. The van der Waals surface area contributed by atoms with E-state index in [9.17, 15) is 9.59 Å². The van der Waals surface area contributed by atoms with Gasteiger partial charge in [-0.2, -0.15) is 0 Å². The topological polar surface area (TPSA) is 101 Å². The molecule has 9 nitrogen and oxygen atoms in total. The zero-order chi connectivity index (χ0) is 27.4. The number of hydrogen-bond donors (Lipinski definition) is 3. The molecule has 202 valence electrons. The Morgan fingerprint density at radius 1 is 1.08 bits per heavy atom. The fourth-order valence-corrected chi connectivity index (χ4v) is 4.95. The maximum absolute atomic E-state index is 13.3. The number of rotatable bonds is 7. The highest BCUT2D eigenvalue weighted by Gasteiger charge is 2.31. The Morgan fingerprint density at radius 2 is 1.76 bits per heavy atom. The molecule has 1 saturated heterocycles. The first-order valence-electron chi connectivity index (χ1n) is 12.5. The number of aryl methyl sites for hydroxylation is 1. The Kier molecular flexibility index (Phi) is 8.53. The van der Waals surface area contributed by atoms with E-state index in [1.165, 1.54) is 7.11 Å². The molecule has 0 spiro atoms. The molecule has 0 saturated carbocycles. The monoisotopic (exact) mass is 538 g/mol. The number of methoxy groups -OCH3 is 1. The van der Waals surface area contributed by atoms with E-state index in [0.717, 1.165) is 11.1 Å². The highest BCUT2D eigenvalue weighted by atomic mass is 32.1. The number of allylic oxidation sites excluding steroid dienone is 1. The molecule has 2 heterocycles. The van der Waals surface area contributed by atoms with Crippen LogP contribution < -0.4 is 25.4 Å². The maximum atomic E-state index is 13.3. The van der Waals surface area contributed by atoms with Crippen LogP contribution in [-0.4, -0.2) is 60.8 Å². The van der Waals surface area contributed by atoms with Crippen molar-refractivity contribution in [2.75, 3.05) is 32.1 Å². The summed E-state index contributed by atoms with van der Waals surface area (Å²) in [6.45, 7) is 8.65. The van der Waals surface area contributed by atoms with Gasteiger partial charge in [0, 0.05) is 24.5 Å². The second kappa shape index (κ2) is 11.8. The van der Waals surface area contributed by atoms with E-state index in [-0.39, 0.29) is 30.6 Å². The summed E-state index contributed by atoms with van der Waals surface area (Å²) in [5, 5.41) is 9.62. The molecule has 2 aromatic carbocycles. The molecule has 0 bridgehead atoms. The number of carbonyl (C=O) groups excluding carboxylic acids is 2. The number of thiocarbonyl (C=S) groups is 1. The molecule has 38 heavy (non-hydrogen) atoms. The minimum absolute atomic E-state index is 0.0194. The van der Waals surface area contributed by atoms with Crippen LogP contribution in [0.5, 0.6) is 11.5 Å². The first-order chi connectivity index (χ1) is 18.1. The van der Waals surface area contributed by atoms with Crippen LogP contribution in [0.4, 0.5) is 5.69 Å². The second-order valence-electron chi connectivity index (χ2n) is 9.65. The standard InChI is InChI=1S/C28H34N4O5S/c1-16-6-9-21(10-7-16)30-27(34)25-19(4)29-28(38)31-26(25)20-8-11-22(23(12-20)35-5)36-15-24(33)32-13-17(2)37-18(3)14-32/h6-12,17-18,26H,13-15H2,1-5H3,(H,30,34)(H2,29,31,38)/t17-,18-,26-/m0/s1. The van der Waals surface area contributed by atoms with Crippen LogP contribution in [0.25, 0.3) is 0 Å². The zero-order valence-corrected chi connectivity index (χ0v) is 23.1. The van der Waals surface area contributed by atoms with E-state index in [4.69, 9.17) is 26.4 Å². The van der Waals surface area contributed by atoms with Crippen molar-refractivity contribution in [1.82, 2.24) is 15.5 Å². The lowest BCUT2D eigenvalue weighted by Gasteiger charge is -2.35. The Labute approximate surface area is 228 Å². The summed E-state index contributed by atoms with van der Waals surface area (Å²) in [5.41, 5.74) is 3.71. The van der Waals surface area contributed by atoms with Crippen molar-refractivity contribution in [2.45, 2.75) is 45.9 Å². The second-order valence-corrected chi connectivity index (χ2v) is 10.1. The third-order valence-electron chi connectivity index (χ3n) is 6.47. The quantitative estimate of drug-likeness (QED) is 0.461. The molecule has 1 fully saturated rings. The third-order valence-corrected chi connectivity index (χ3v) is 6.69. The summed E-state index contributed by atoms with van der Waals surface area (Å²) in [6.07, 6.45) is -0.0389. The van der Waals surface area contributed by atoms with Crippen molar-refractivity contribution in [3.05, 3.63) is 64.9 Å². The van der Waals surface area contributed by atoms with Crippen molar-refractivity contribution >= 4 is 34.8 Å². The SMILES string of the molecule is COc1cc([C@@H]2NC(=S)NC(C)=C2C(=O)Nc2ccc(C)cc2)ccc1OCC(=O)N1C[C@H](C)O[C@@H](C)C1. The molecule has 0 radical (unpaired) electrons. The number of amides is 2. The average Bonchev–Trinajstić information content (AvgIpc) is 2.87. The molecule has 2 aliphatic rings. The van der Waals surface area contributed by atoms with Crippen LogP contribution in [0.3, 0.4) is 0 Å². The van der Waals surface area contributed by atoms with E-state index >= 15 is 0 Å². The predicted molar refractivity (Wildman–Crippen MR) is 149 cm³/mol. The molecule has 10 heteroatoms. The van der Waals surface area contributed by atoms with Crippen LogP contribution in [0.1, 0.15) is 37.9 Å². The third kappa shape index (κ3) is 6.43. The Hall–Kier alpha value is -3.63. The minimum atomic E-state index is -0.518. The van der Waals surface area contributed by atoms with Crippen molar-refractivity contribution < 1.29 is 23.8 Å². The van der Waals surface area contributed by atoms with Gasteiger partial charge >= 0.3 is 0 Å². The summed E-state index contributed by atoms with van der Waals surface area (Å²) in [6, 6.07) is 12.4. The number of nitrogens with zero attached hydrogens (tertiary/aromatic N) is 1. The van der Waals surface area contributed by atoms with Gasteiger partial charge in [0.05, 0.1) is 30.9 Å². The zero-order valence-electron chi connectivity index (χ0n) is 22.3. The minimum Gasteiger partial charge on any atom is -0.493 e. The summed E-state index contributed by atoms with van der Waals surface area (Å²) in [5.74, 6) is 0.512. The molecule has 4 rings (SSSR count). The Morgan fingerprint density at radius 3 is 2.42 bits per heavy atom. The summed E-state index contributed by atoms with van der Waals surface area (Å²) < 4.78 is 17.1. The Bertz CT molecular complexity index is 1240. The lowest BCUT2D eigenvalue weighted by atomic mass is 9.94. The maximum Gasteiger partial charge on any atom is 0.260 e. The van der Waals surface area contributed by atoms with Crippen molar-refractivity contribution in [1.29, 1.82) is 0 Å². The fourth-order valence-electron chi connectivity index (χ4n) is 4.68. The van der Waals surface area contributed by atoms with Crippen LogP contribution in [0.2, 0.25) is 0 Å². The normalized spacial score (nSPS) is 21.3. The number of ether oxygens (including phenoxy) is 3. The van der Waals surface area contributed by atoms with E-state index in [2.05, 4.69) is 16.0 Å². The molecule has 0 aliphatic carbocycles. The smallest absolute Gasteiger partial charge is 0.260 e. The first kappa shape index (κ1) is 27.4. The van der Waals surface area contributed by atoms with Crippen molar-refractivity contribution in [2.24, 2.45) is 0 Å². The van der Waals surface area contributed by atoms with Gasteiger partial charge in [-0.05, 0) is 69.7 Å². The summed E-state index contributed by atoms with van der Waals surface area (Å²) in [7, 11) is 1.53. The molecule has 2 aliphatic heterocycles. The van der Waals surface area contributed by atoms with Crippen LogP contribution in [-0.2, 0) is 14.3 Å². The molecular formula is C28H34N4O5S. The molecule has 3 atom stereocenters. The first-order valence-corrected chi connectivity index (χ1v) is 13.0. The van der Waals surface area contributed by atoms with Gasteiger partial charge in [-0.25, -0.2) is 0 Å². The number of hydrogen-bond acceptors (Lipinski definition) is 6. The summed E-state index contributed by atoms with van der Waals surface area (Å²) in [4.78, 5) is 27.9. The lowest BCUT2D eigenvalue weighted by molar-refractivity contribution is -0.145. The molecule has 2 amide bonds. The van der Waals surface area contributed by atoms with Gasteiger partial charge in [0.1, 0.15) is 0 Å². The Balaban J connectivity index is 1.52. The summed E-state index contributed by atoms with van der Waals surface area (Å²) >= 11 is 5.38. The largest absolute Gasteiger partial charge is 0.493 e. The van der Waals surface area contributed by atoms with Crippen molar-refractivity contribution in [3.8, 4) is 11.5 Å². The molecule has 3 N–H and O–H groups in total. The lowest BCUT2D eigenvalue weighted by Crippen LogP contribution is -2.49. The van der Waals surface area contributed by atoms with Crippen LogP contribution in [0.15, 0.2) is 53.7 Å². The highest BCUT2D eigenvalue weighted by molar-refractivity contribution is 7.80. The van der Waals surface area contributed by atoms with Gasteiger partial charge < -0.3 is 35.1 Å². The van der Waals surface area contributed by atoms with E-state index in [1.807, 2.05) is 58.0 Å². The highest BCUT2D eigenvalue weighted by Crippen LogP contribution is 2.34. The predicted octanol–water partition coefficient (Wildman–Crippen LogP) is 3.45. The molecule has 0 aromatic heterocycles. The molecular weight excluding hydrogens is 504 g/mol. The molecule has 2 aromatic rings. The van der Waals surface area contributed by atoms with E-state index < -0.39 is 6.04 Å². The van der Waals surface area contributed by atoms with Gasteiger partial charge in [-0.15, -0.1) is 0 Å². The van der Waals surface area contributed by atoms with Crippen LogP contribution >= 0.6 is 12.2 Å². The number of carbonyl (C=O) groups is 2. The number of morpholine rings is 1. The van der Waals surface area contributed by atoms with Gasteiger partial charge in [0.25, 0.3) is 11.8 Å². The van der Waals surface area contributed by atoms with E-state index in [1.54, 1.807) is 17.0 Å². The van der Waals surface area contributed by atoms with Gasteiger partial charge in [0.15, 0.2) is 23.2 Å². The van der Waals surface area contributed by atoms with Gasteiger partial charge in [-0.1, -0.05) is 23.8 Å². The number of anilines is 1. The molecule has 0 unspecified atom stereocenters. The average molecular weight is 539 g/mol. The van der Waals surface area contributed by atoms with Crippen LogP contribution in [0, 0.1) is 6.92 Å². The van der Waals surface area contributed by atoms with Gasteiger partial charge in [-0.3, -0.25) is 9.59 Å². The van der Waals surface area contributed by atoms with Crippen molar-refractivity contribution in [3.63, 3.8) is 0 Å². The number of benzene rings is 2. The number of nitrogens with one attached hydrogen (secondary N) is 3. The van der Waals surface area contributed by atoms with Gasteiger partial charge in [0.2, 0.25) is 0 Å².